The van der Waals surface area contributed by atoms with Crippen LogP contribution in [-0.4, -0.2) is 11.3 Å². The molecule has 5 heteroatoms. The van der Waals surface area contributed by atoms with Gasteiger partial charge < -0.3 is 18.6 Å². The van der Waals surface area contributed by atoms with Gasteiger partial charge in [-0.2, -0.15) is 0 Å². The smallest absolute Gasteiger partial charge is 0.316 e. The monoisotopic (exact) mass is 702 g/mol. The van der Waals surface area contributed by atoms with Gasteiger partial charge >= 0.3 is 5.95 Å². The quantitative estimate of drug-likeness (QED) is 0.171. The van der Waals surface area contributed by atoms with Crippen molar-refractivity contribution in [3.63, 3.8) is 0 Å². The van der Waals surface area contributed by atoms with Crippen LogP contribution in [0.1, 0.15) is 0 Å². The van der Waals surface area contributed by atoms with E-state index in [1.807, 2.05) is 12.1 Å². The fourth-order valence-electron chi connectivity index (χ4n) is 9.25. The second-order valence-electron chi connectivity index (χ2n) is 14.4. The molecule has 4 heterocycles. The van der Waals surface area contributed by atoms with E-state index in [1.54, 1.807) is 0 Å². The minimum absolute atomic E-state index is 0.149. The SMILES string of the molecule is c1ccc(-c2cccc(-c3ccccc3)c2B2c3ccccc3N3c4c(cc(-n5c6ccccc6c6ccccc65)cc42)Oc2oc4ccccc4c23)cc1. The first-order valence-corrected chi connectivity index (χ1v) is 18.8. The van der Waals surface area contributed by atoms with Crippen LogP contribution in [0.3, 0.4) is 0 Å². The number of hydrogen-bond donors (Lipinski definition) is 0. The molecule has 0 N–H and O–H groups in total. The van der Waals surface area contributed by atoms with Gasteiger partial charge in [-0.05, 0) is 69.6 Å². The standard InChI is InChI=1S/C50H31BN2O2/c1-3-16-32(17-4-1)35-23-15-24-36(33-18-5-2-6-19-33)47(35)51-40-25-10-13-28-44(40)53-48-39-22-9-14-29-45(39)54-50(48)55-46-31-34(30-41(51)49(46)53)52-42-26-11-7-20-37(42)38-21-8-12-27-43(38)52/h1-31H. The second kappa shape index (κ2) is 11.6. The maximum Gasteiger partial charge on any atom is 0.316 e. The number of anilines is 3. The van der Waals surface area contributed by atoms with Crippen molar-refractivity contribution >= 4 is 72.9 Å². The molecule has 0 amide bonds. The summed E-state index contributed by atoms with van der Waals surface area (Å²) >= 11 is 0. The molecule has 0 spiro atoms. The van der Waals surface area contributed by atoms with E-state index >= 15 is 0 Å². The number of benzene rings is 8. The van der Waals surface area contributed by atoms with Gasteiger partial charge in [-0.25, -0.2) is 0 Å². The van der Waals surface area contributed by atoms with Crippen molar-refractivity contribution in [2.45, 2.75) is 0 Å². The molecule has 0 saturated heterocycles. The van der Waals surface area contributed by atoms with Crippen molar-refractivity contribution in [1.82, 2.24) is 4.57 Å². The van der Waals surface area contributed by atoms with Crippen LogP contribution < -0.4 is 26.0 Å². The number of furan rings is 1. The highest BCUT2D eigenvalue weighted by atomic mass is 16.6. The normalized spacial score (nSPS) is 12.8. The van der Waals surface area contributed by atoms with E-state index in [0.29, 0.717) is 5.95 Å². The van der Waals surface area contributed by atoms with E-state index in [-0.39, 0.29) is 6.71 Å². The lowest BCUT2D eigenvalue weighted by atomic mass is 9.33. The molecule has 0 unspecified atom stereocenters. The van der Waals surface area contributed by atoms with Gasteiger partial charge in [0.05, 0.1) is 16.7 Å². The average Bonchev–Trinajstić information content (AvgIpc) is 3.79. The number of para-hydroxylation sites is 4. The van der Waals surface area contributed by atoms with E-state index in [2.05, 4.69) is 185 Å². The van der Waals surface area contributed by atoms with Gasteiger partial charge in [0.25, 0.3) is 0 Å². The number of fused-ring (bicyclic) bond motifs is 9. The molecule has 2 aromatic heterocycles. The van der Waals surface area contributed by atoms with Crippen LogP contribution in [0.5, 0.6) is 11.7 Å². The maximum absolute atomic E-state index is 6.98. The third kappa shape index (κ3) is 4.35. The van der Waals surface area contributed by atoms with Gasteiger partial charge in [-0.3, -0.25) is 0 Å². The molecule has 0 fully saturated rings. The van der Waals surface area contributed by atoms with Crippen LogP contribution in [0.2, 0.25) is 0 Å². The summed E-state index contributed by atoms with van der Waals surface area (Å²) in [6, 6.07) is 67.5. The molecular weight excluding hydrogens is 671 g/mol. The van der Waals surface area contributed by atoms with Crippen LogP contribution in [0.4, 0.5) is 17.1 Å². The van der Waals surface area contributed by atoms with E-state index in [1.165, 1.54) is 49.4 Å². The number of ether oxygens (including phenoxy) is 1. The highest BCUT2D eigenvalue weighted by Crippen LogP contribution is 2.55. The van der Waals surface area contributed by atoms with E-state index in [4.69, 9.17) is 9.15 Å². The highest BCUT2D eigenvalue weighted by molar-refractivity contribution is 6.99. The fourth-order valence-corrected chi connectivity index (χ4v) is 9.25. The Morgan fingerprint density at radius 1 is 0.455 bits per heavy atom. The van der Waals surface area contributed by atoms with Crippen LogP contribution in [-0.2, 0) is 0 Å². The van der Waals surface area contributed by atoms with Crippen LogP contribution in [0, 0.1) is 0 Å². The van der Waals surface area contributed by atoms with Crippen molar-refractivity contribution in [3.05, 3.63) is 188 Å². The zero-order valence-corrected chi connectivity index (χ0v) is 29.7. The topological polar surface area (TPSA) is 30.5 Å². The molecule has 0 atom stereocenters. The van der Waals surface area contributed by atoms with Gasteiger partial charge in [-0.15, -0.1) is 0 Å². The second-order valence-corrected chi connectivity index (χ2v) is 14.4. The molecule has 10 aromatic rings. The highest BCUT2D eigenvalue weighted by Gasteiger charge is 2.44. The third-order valence-corrected chi connectivity index (χ3v) is 11.5. The van der Waals surface area contributed by atoms with Gasteiger partial charge in [0, 0.05) is 33.6 Å². The van der Waals surface area contributed by atoms with Gasteiger partial charge in [-0.1, -0.05) is 151 Å². The van der Waals surface area contributed by atoms with Crippen molar-refractivity contribution in [1.29, 1.82) is 0 Å². The summed E-state index contributed by atoms with van der Waals surface area (Å²) in [4.78, 5) is 2.39. The first-order chi connectivity index (χ1) is 27.3. The average molecular weight is 703 g/mol. The summed E-state index contributed by atoms with van der Waals surface area (Å²) in [6.07, 6.45) is 0. The molecule has 0 radical (unpaired) electrons. The van der Waals surface area contributed by atoms with Gasteiger partial charge in [0.2, 0.25) is 6.71 Å². The van der Waals surface area contributed by atoms with E-state index < -0.39 is 0 Å². The summed E-state index contributed by atoms with van der Waals surface area (Å²) < 4.78 is 15.9. The Kier molecular flexibility index (Phi) is 6.40. The van der Waals surface area contributed by atoms with Crippen molar-refractivity contribution in [3.8, 4) is 39.6 Å². The van der Waals surface area contributed by atoms with Crippen LogP contribution >= 0.6 is 0 Å². The largest absolute Gasteiger partial charge is 0.424 e. The molecule has 12 rings (SSSR count). The molecule has 2 aliphatic rings. The Morgan fingerprint density at radius 2 is 1.04 bits per heavy atom. The molecule has 8 aromatic carbocycles. The van der Waals surface area contributed by atoms with Crippen LogP contribution in [0.15, 0.2) is 192 Å². The first-order valence-electron chi connectivity index (χ1n) is 18.8. The molecule has 0 bridgehead atoms. The fraction of sp³-hybridized carbons (Fsp3) is 0. The predicted molar refractivity (Wildman–Crippen MR) is 227 cm³/mol. The Labute approximate surface area is 318 Å². The molecule has 2 aliphatic heterocycles. The Morgan fingerprint density at radius 3 is 1.73 bits per heavy atom. The minimum atomic E-state index is -0.149. The molecule has 55 heavy (non-hydrogen) atoms. The first kappa shape index (κ1) is 30.2. The number of aromatic nitrogens is 1. The summed E-state index contributed by atoms with van der Waals surface area (Å²) in [6.45, 7) is -0.149. The van der Waals surface area contributed by atoms with Gasteiger partial charge in [0.15, 0.2) is 5.75 Å². The zero-order valence-electron chi connectivity index (χ0n) is 29.7. The van der Waals surface area contributed by atoms with E-state index in [9.17, 15) is 0 Å². The molecule has 4 nitrogen and oxygen atoms in total. The summed E-state index contributed by atoms with van der Waals surface area (Å²) in [7, 11) is 0. The molecule has 0 saturated carbocycles. The van der Waals surface area contributed by atoms with Crippen molar-refractivity contribution in [2.75, 3.05) is 4.90 Å². The van der Waals surface area contributed by atoms with Crippen molar-refractivity contribution < 1.29 is 9.15 Å². The minimum Gasteiger partial charge on any atom is -0.424 e. The number of rotatable bonds is 4. The van der Waals surface area contributed by atoms with Crippen LogP contribution in [0.25, 0.3) is 60.7 Å². The summed E-state index contributed by atoms with van der Waals surface area (Å²) in [5, 5.41) is 3.45. The van der Waals surface area contributed by atoms with E-state index in [0.717, 1.165) is 50.5 Å². The van der Waals surface area contributed by atoms with Gasteiger partial charge in [0.1, 0.15) is 11.3 Å². The molecular formula is C50H31BN2O2. The summed E-state index contributed by atoms with van der Waals surface area (Å²) in [5.41, 5.74) is 15.6. The third-order valence-electron chi connectivity index (χ3n) is 11.5. The maximum atomic E-state index is 6.98. The number of hydrogen-bond acceptors (Lipinski definition) is 3. The zero-order chi connectivity index (χ0) is 36.0. The molecule has 0 aliphatic carbocycles. The lowest BCUT2D eigenvalue weighted by Gasteiger charge is -2.40. The summed E-state index contributed by atoms with van der Waals surface area (Å²) in [5.74, 6) is 1.26. The lowest BCUT2D eigenvalue weighted by Crippen LogP contribution is -2.58. The lowest BCUT2D eigenvalue weighted by molar-refractivity contribution is 0.358. The number of nitrogens with zero attached hydrogens (tertiary/aromatic N) is 2. The molecule has 256 valence electrons. The van der Waals surface area contributed by atoms with Crippen molar-refractivity contribution in [2.24, 2.45) is 0 Å². The predicted octanol–water partition coefficient (Wildman–Crippen LogP) is 11.3. The Bertz CT molecular complexity index is 3030. The Balaban J connectivity index is 1.24. The Hall–Kier alpha value is -7.24.